The van der Waals surface area contributed by atoms with Crippen LogP contribution >= 0.6 is 15.9 Å². The lowest BCUT2D eigenvalue weighted by atomic mass is 10.2. The molecule has 3 N–H and O–H groups in total. The molecule has 8 heteroatoms. The van der Waals surface area contributed by atoms with Gasteiger partial charge in [0.05, 0.1) is 0 Å². The van der Waals surface area contributed by atoms with Crippen molar-refractivity contribution in [1.29, 1.82) is 0 Å². The third kappa shape index (κ3) is 4.01. The third-order valence-corrected chi connectivity index (χ3v) is 3.21. The predicted octanol–water partition coefficient (Wildman–Crippen LogP) is 1.93. The maximum Gasteiger partial charge on any atom is 0.361 e. The minimum Gasteiger partial charge on any atom is -0.451 e. The van der Waals surface area contributed by atoms with Gasteiger partial charge in [-0.05, 0) is 30.7 Å². The fourth-order valence-electron chi connectivity index (χ4n) is 1.66. The molecule has 0 bridgehead atoms. The first-order valence-electron chi connectivity index (χ1n) is 6.27. The van der Waals surface area contributed by atoms with E-state index in [1.54, 1.807) is 12.1 Å². The number of nitrogens with zero attached hydrogens (tertiary/aromatic N) is 2. The van der Waals surface area contributed by atoms with E-state index in [0.717, 1.165) is 10.0 Å². The quantitative estimate of drug-likeness (QED) is 0.802. The number of nitrogens with one attached hydrogen (secondary N) is 1. The minimum atomic E-state index is -0.798. The fraction of sp³-hybridized carbons (Fsp3) is 0.143. The first kappa shape index (κ1) is 15.9. The number of aryl methyl sites for hydroxylation is 1. The smallest absolute Gasteiger partial charge is 0.361 e. The Bertz CT molecular complexity index is 721. The van der Waals surface area contributed by atoms with Crippen molar-refractivity contribution in [2.45, 2.75) is 6.92 Å². The van der Waals surface area contributed by atoms with Gasteiger partial charge in [0.15, 0.2) is 18.1 Å². The molecule has 114 valence electrons. The van der Waals surface area contributed by atoms with E-state index in [4.69, 9.17) is 10.5 Å². The summed E-state index contributed by atoms with van der Waals surface area (Å²) in [6, 6.07) is 5.41. The number of nitrogen functional groups attached to an aromatic ring is 1. The van der Waals surface area contributed by atoms with Crippen molar-refractivity contribution >= 4 is 39.3 Å². The minimum absolute atomic E-state index is 0.0448. The Morgan fingerprint density at radius 3 is 2.73 bits per heavy atom. The standard InChI is InChI=1S/C14H13BrN4O3/c1-8-6-9(15)2-3-10(8)19-11(20)7-22-14(21)12-13(16)18-5-4-17-12/h2-6H,7H2,1H3,(H2,16,18)(H,19,20). The number of aromatic nitrogens is 2. The molecule has 22 heavy (non-hydrogen) atoms. The van der Waals surface area contributed by atoms with Crippen molar-refractivity contribution in [3.05, 3.63) is 46.3 Å². The average Bonchev–Trinajstić information content (AvgIpc) is 2.48. The fourth-order valence-corrected chi connectivity index (χ4v) is 2.13. The van der Waals surface area contributed by atoms with Gasteiger partial charge < -0.3 is 15.8 Å². The van der Waals surface area contributed by atoms with Crippen LogP contribution in [0, 0.1) is 6.92 Å². The summed E-state index contributed by atoms with van der Waals surface area (Å²) in [4.78, 5) is 31.0. The van der Waals surface area contributed by atoms with Crippen molar-refractivity contribution in [3.63, 3.8) is 0 Å². The molecule has 0 saturated carbocycles. The summed E-state index contributed by atoms with van der Waals surface area (Å²) in [6.45, 7) is 1.41. The Morgan fingerprint density at radius 2 is 2.05 bits per heavy atom. The highest BCUT2D eigenvalue weighted by atomic mass is 79.9. The van der Waals surface area contributed by atoms with Gasteiger partial charge in [0.1, 0.15) is 0 Å². The van der Waals surface area contributed by atoms with Gasteiger partial charge in [-0.1, -0.05) is 15.9 Å². The molecule has 1 aromatic carbocycles. The Hall–Kier alpha value is -2.48. The van der Waals surface area contributed by atoms with Gasteiger partial charge in [0, 0.05) is 22.6 Å². The van der Waals surface area contributed by atoms with Crippen LogP contribution in [0.4, 0.5) is 11.5 Å². The van der Waals surface area contributed by atoms with Crippen molar-refractivity contribution in [2.75, 3.05) is 17.7 Å². The highest BCUT2D eigenvalue weighted by Gasteiger charge is 2.15. The summed E-state index contributed by atoms with van der Waals surface area (Å²) in [5.41, 5.74) is 6.91. The van der Waals surface area contributed by atoms with E-state index in [0.29, 0.717) is 5.69 Å². The third-order valence-electron chi connectivity index (χ3n) is 2.72. The molecule has 1 amide bonds. The number of rotatable bonds is 4. The molecule has 0 radical (unpaired) electrons. The molecule has 0 aliphatic heterocycles. The van der Waals surface area contributed by atoms with Crippen LogP contribution in [0.1, 0.15) is 16.1 Å². The van der Waals surface area contributed by atoms with Crippen LogP contribution in [0.25, 0.3) is 0 Å². The summed E-state index contributed by atoms with van der Waals surface area (Å²) in [6.07, 6.45) is 2.67. The number of hydrogen-bond donors (Lipinski definition) is 2. The first-order chi connectivity index (χ1) is 10.5. The molecule has 1 aromatic heterocycles. The molecule has 0 fully saturated rings. The molecular weight excluding hydrogens is 352 g/mol. The normalized spacial score (nSPS) is 10.1. The Kier molecular flexibility index (Phi) is 5.05. The van der Waals surface area contributed by atoms with Gasteiger partial charge in [-0.2, -0.15) is 0 Å². The van der Waals surface area contributed by atoms with Crippen molar-refractivity contribution in [2.24, 2.45) is 0 Å². The SMILES string of the molecule is Cc1cc(Br)ccc1NC(=O)COC(=O)c1nccnc1N. The number of esters is 1. The van der Waals surface area contributed by atoms with Gasteiger partial charge >= 0.3 is 5.97 Å². The van der Waals surface area contributed by atoms with Crippen molar-refractivity contribution in [3.8, 4) is 0 Å². The Labute approximate surface area is 135 Å². The van der Waals surface area contributed by atoms with E-state index in [1.165, 1.54) is 12.4 Å². The van der Waals surface area contributed by atoms with E-state index < -0.39 is 18.5 Å². The Balaban J connectivity index is 1.93. The number of carbonyl (C=O) groups is 2. The van der Waals surface area contributed by atoms with Crippen LogP contribution in [-0.4, -0.2) is 28.5 Å². The van der Waals surface area contributed by atoms with E-state index in [1.807, 2.05) is 13.0 Å². The topological polar surface area (TPSA) is 107 Å². The second-order valence-corrected chi connectivity index (χ2v) is 5.29. The summed E-state index contributed by atoms with van der Waals surface area (Å²) in [7, 11) is 0. The number of amides is 1. The van der Waals surface area contributed by atoms with E-state index in [-0.39, 0.29) is 11.5 Å². The molecule has 0 aliphatic rings. The van der Waals surface area contributed by atoms with Crippen molar-refractivity contribution < 1.29 is 14.3 Å². The summed E-state index contributed by atoms with van der Waals surface area (Å²) in [5, 5.41) is 2.65. The molecule has 0 unspecified atom stereocenters. The van der Waals surface area contributed by atoms with Crippen LogP contribution < -0.4 is 11.1 Å². The second kappa shape index (κ2) is 6.99. The number of nitrogens with two attached hydrogens (primary N) is 1. The van der Waals surface area contributed by atoms with Gasteiger partial charge in [-0.3, -0.25) is 4.79 Å². The van der Waals surface area contributed by atoms with Gasteiger partial charge in [0.25, 0.3) is 5.91 Å². The maximum atomic E-state index is 11.8. The lowest BCUT2D eigenvalue weighted by Crippen LogP contribution is -2.22. The maximum absolute atomic E-state index is 11.8. The van der Waals surface area contributed by atoms with Crippen LogP contribution in [-0.2, 0) is 9.53 Å². The number of carbonyl (C=O) groups excluding carboxylic acids is 2. The van der Waals surface area contributed by atoms with Gasteiger partial charge in [0.2, 0.25) is 0 Å². The molecule has 2 rings (SSSR count). The molecule has 2 aromatic rings. The lowest BCUT2D eigenvalue weighted by Gasteiger charge is -2.09. The second-order valence-electron chi connectivity index (χ2n) is 4.37. The predicted molar refractivity (Wildman–Crippen MR) is 84.2 cm³/mol. The molecule has 0 saturated heterocycles. The summed E-state index contributed by atoms with van der Waals surface area (Å²) < 4.78 is 5.77. The highest BCUT2D eigenvalue weighted by Crippen LogP contribution is 2.19. The zero-order chi connectivity index (χ0) is 16.1. The zero-order valence-electron chi connectivity index (χ0n) is 11.7. The number of anilines is 2. The molecule has 0 atom stereocenters. The van der Waals surface area contributed by atoms with E-state index in [9.17, 15) is 9.59 Å². The number of benzene rings is 1. The summed E-state index contributed by atoms with van der Waals surface area (Å²) >= 11 is 3.34. The number of hydrogen-bond acceptors (Lipinski definition) is 6. The molecule has 0 spiro atoms. The van der Waals surface area contributed by atoms with E-state index in [2.05, 4.69) is 31.2 Å². The monoisotopic (exact) mass is 364 g/mol. The van der Waals surface area contributed by atoms with Crippen molar-refractivity contribution in [1.82, 2.24) is 9.97 Å². The number of halogens is 1. The van der Waals surface area contributed by atoms with Crippen LogP contribution in [0.2, 0.25) is 0 Å². The summed E-state index contributed by atoms with van der Waals surface area (Å²) in [5.74, 6) is -1.30. The van der Waals surface area contributed by atoms with Crippen LogP contribution in [0.5, 0.6) is 0 Å². The zero-order valence-corrected chi connectivity index (χ0v) is 13.3. The molecular formula is C14H13BrN4O3. The molecule has 7 nitrogen and oxygen atoms in total. The average molecular weight is 365 g/mol. The Morgan fingerprint density at radius 1 is 1.32 bits per heavy atom. The van der Waals surface area contributed by atoms with E-state index >= 15 is 0 Å². The molecule has 0 aliphatic carbocycles. The largest absolute Gasteiger partial charge is 0.451 e. The first-order valence-corrected chi connectivity index (χ1v) is 7.06. The number of ether oxygens (including phenoxy) is 1. The van der Waals surface area contributed by atoms with Gasteiger partial charge in [-0.15, -0.1) is 0 Å². The highest BCUT2D eigenvalue weighted by molar-refractivity contribution is 9.10. The van der Waals surface area contributed by atoms with Crippen LogP contribution in [0.15, 0.2) is 35.1 Å². The molecule has 1 heterocycles. The van der Waals surface area contributed by atoms with Gasteiger partial charge in [-0.25, -0.2) is 14.8 Å². The lowest BCUT2D eigenvalue weighted by molar-refractivity contribution is -0.119. The van der Waals surface area contributed by atoms with Crippen LogP contribution in [0.3, 0.4) is 0 Å².